The second kappa shape index (κ2) is 19.0. The summed E-state index contributed by atoms with van der Waals surface area (Å²) in [5.41, 5.74) is -5.71. The van der Waals surface area contributed by atoms with E-state index < -0.39 is 88.6 Å². The maximum atomic E-state index is 17.7. The molecule has 66 heavy (non-hydrogen) atoms. The van der Waals surface area contributed by atoms with Gasteiger partial charge in [0.05, 0.1) is 45.1 Å². The van der Waals surface area contributed by atoms with Gasteiger partial charge in [-0.2, -0.15) is 0 Å². The number of Topliss-reactive ketones (excluding diaryl/α,β-unsaturated/α-hetero) is 1. The van der Waals surface area contributed by atoms with E-state index in [9.17, 15) is 39.0 Å². The molecule has 3 saturated carbocycles. The lowest BCUT2D eigenvalue weighted by molar-refractivity contribution is -0.235. The molecule has 0 aromatic heterocycles. The van der Waals surface area contributed by atoms with Crippen LogP contribution in [-0.4, -0.2) is 126 Å². The number of aliphatic hydroxyl groups is 2. The molecule has 6 aliphatic rings. The monoisotopic (exact) mass is 933 g/mol. The minimum absolute atomic E-state index is 0.00522. The first-order valence-electron chi connectivity index (χ1n) is 22.1. The van der Waals surface area contributed by atoms with Crippen molar-refractivity contribution in [2.75, 3.05) is 51.4 Å². The van der Waals surface area contributed by atoms with Crippen LogP contribution in [0, 0.1) is 22.7 Å². The Labute approximate surface area is 384 Å². The number of nitrogens with zero attached hydrogens (tertiary/aromatic N) is 1. The van der Waals surface area contributed by atoms with E-state index in [-0.39, 0.29) is 89.0 Å². The first-order valence-corrected chi connectivity index (χ1v) is 22.9. The Balaban J connectivity index is 0.801. The van der Waals surface area contributed by atoms with Gasteiger partial charge in [-0.1, -0.05) is 43.0 Å². The van der Waals surface area contributed by atoms with Crippen LogP contribution in [0.3, 0.4) is 0 Å². The standard InChI is InChI=1S/C48H53F2N3O12S/c1-45-15-12-30(55)23-35(45)36(49)24-34-33-25-39-48(38(57)27-54,46(33,2)26-37(56)47(34,45)50)65-44(64-39)28-6-8-31(9-7-28)66-32-5-3-4-29(22-32)52-41(59)14-18-62-20-21-63-19-16-51-40(58)13-17-53-42(60)10-11-43(53)61/h3-12,15,22-23,33-34,36-37,39,44,54,56H,13-14,16-21,24-27H2,1-2H3,(H,51,58)(H,52,59)/t33?,34-,36-,37-,39+,44+,45-,46-,47-,48+/m0/s1. The van der Waals surface area contributed by atoms with E-state index in [1.165, 1.54) is 43.0 Å². The lowest BCUT2D eigenvalue weighted by atomic mass is 9.44. The van der Waals surface area contributed by atoms with Crippen molar-refractivity contribution in [2.24, 2.45) is 22.7 Å². The number of amides is 4. The Bertz CT molecular complexity index is 2340. The number of benzene rings is 2. The van der Waals surface area contributed by atoms with E-state index in [1.807, 2.05) is 30.3 Å². The Kier molecular flexibility index (Phi) is 13.7. The lowest BCUT2D eigenvalue weighted by Crippen LogP contribution is -2.70. The number of nitrogens with one attached hydrogen (secondary N) is 2. The first kappa shape index (κ1) is 47.5. The highest BCUT2D eigenvalue weighted by Crippen LogP contribution is 2.72. The zero-order valence-electron chi connectivity index (χ0n) is 36.5. The van der Waals surface area contributed by atoms with Gasteiger partial charge in [-0.3, -0.25) is 33.7 Å². The summed E-state index contributed by atoms with van der Waals surface area (Å²) in [4.78, 5) is 76.6. The Morgan fingerprint density at radius 3 is 2.36 bits per heavy atom. The normalized spacial score (nSPS) is 33.0. The molecule has 352 valence electrons. The summed E-state index contributed by atoms with van der Waals surface area (Å²) in [5.74, 6) is -4.21. The molecule has 18 heteroatoms. The van der Waals surface area contributed by atoms with Crippen LogP contribution in [0.4, 0.5) is 14.5 Å². The number of allylic oxidation sites excluding steroid dienone is 4. The third-order valence-electron chi connectivity index (χ3n) is 14.3. The third-order valence-corrected chi connectivity index (χ3v) is 15.3. The molecule has 4 aliphatic carbocycles. The van der Waals surface area contributed by atoms with E-state index in [4.69, 9.17) is 18.9 Å². The molecule has 15 nitrogen and oxygen atoms in total. The Morgan fingerprint density at radius 1 is 0.909 bits per heavy atom. The molecule has 2 heterocycles. The Hall–Kier alpha value is -4.95. The van der Waals surface area contributed by atoms with Gasteiger partial charge in [-0.15, -0.1) is 0 Å². The zero-order valence-corrected chi connectivity index (χ0v) is 37.4. The molecule has 4 amide bonds. The summed E-state index contributed by atoms with van der Waals surface area (Å²) < 4.78 is 57.7. The molecule has 10 atom stereocenters. The molecule has 4 fully saturated rings. The van der Waals surface area contributed by atoms with Crippen LogP contribution >= 0.6 is 11.8 Å². The zero-order chi connectivity index (χ0) is 47.0. The van der Waals surface area contributed by atoms with Crippen LogP contribution in [0.2, 0.25) is 0 Å². The van der Waals surface area contributed by atoms with Crippen LogP contribution in [0.5, 0.6) is 0 Å². The summed E-state index contributed by atoms with van der Waals surface area (Å²) in [6.07, 6.45) is 0.556. The van der Waals surface area contributed by atoms with Crippen LogP contribution in [0.15, 0.2) is 94.3 Å². The van der Waals surface area contributed by atoms with Crippen molar-refractivity contribution in [3.63, 3.8) is 0 Å². The van der Waals surface area contributed by atoms with E-state index in [2.05, 4.69) is 10.6 Å². The minimum Gasteiger partial charge on any atom is -0.390 e. The summed E-state index contributed by atoms with van der Waals surface area (Å²) in [5, 5.41) is 27.6. The highest BCUT2D eigenvalue weighted by molar-refractivity contribution is 7.99. The number of alkyl halides is 2. The van der Waals surface area contributed by atoms with Crippen molar-refractivity contribution in [1.82, 2.24) is 10.2 Å². The predicted molar refractivity (Wildman–Crippen MR) is 233 cm³/mol. The minimum atomic E-state index is -2.34. The average Bonchev–Trinajstić information content (AvgIpc) is 3.92. The van der Waals surface area contributed by atoms with Crippen molar-refractivity contribution in [3.05, 3.63) is 90.0 Å². The van der Waals surface area contributed by atoms with Crippen LogP contribution in [0.25, 0.3) is 0 Å². The topological polar surface area (TPSA) is 207 Å². The SMILES string of the molecule is C[C@]12C=CC(=O)C=C1[C@@H](F)C[C@H]1C3C[C@H]4O[C@@H](c5ccc(Sc6cccc(NC(=O)CCOCCOCCNC(=O)CCN7C(=O)C=CC7=O)c6)cc5)O[C@@]4(C(=O)CO)[C@@]3(C)C[C@H](O)[C@@]12F. The second-order valence-electron chi connectivity index (χ2n) is 18.0. The summed E-state index contributed by atoms with van der Waals surface area (Å²) in [7, 11) is 0. The van der Waals surface area contributed by atoms with Crippen LogP contribution in [0.1, 0.15) is 57.8 Å². The van der Waals surface area contributed by atoms with Gasteiger partial charge in [0, 0.05) is 69.5 Å². The number of hydrogen-bond donors (Lipinski definition) is 4. The van der Waals surface area contributed by atoms with E-state index in [0.29, 0.717) is 11.3 Å². The van der Waals surface area contributed by atoms with E-state index in [1.54, 1.807) is 25.1 Å². The van der Waals surface area contributed by atoms with Gasteiger partial charge in [-0.05, 0) is 80.2 Å². The van der Waals surface area contributed by atoms with Gasteiger partial charge >= 0.3 is 0 Å². The molecule has 0 radical (unpaired) electrons. The smallest absolute Gasteiger partial charge is 0.253 e. The molecule has 4 N–H and O–H groups in total. The summed E-state index contributed by atoms with van der Waals surface area (Å²) in [6, 6.07) is 14.6. The quantitative estimate of drug-likeness (QED) is 0.122. The fraction of sp³-hybridized carbons (Fsp3) is 0.500. The number of fused-ring (bicyclic) bond motifs is 7. The number of halogens is 2. The molecular weight excluding hydrogens is 881 g/mol. The molecule has 2 aromatic rings. The number of imide groups is 1. The molecule has 8 rings (SSSR count). The van der Waals surface area contributed by atoms with Gasteiger partial charge in [0.2, 0.25) is 11.8 Å². The second-order valence-corrected chi connectivity index (χ2v) is 19.1. The number of ether oxygens (including phenoxy) is 4. The number of anilines is 1. The van der Waals surface area contributed by atoms with Crippen LogP contribution < -0.4 is 10.6 Å². The summed E-state index contributed by atoms with van der Waals surface area (Å²) in [6.45, 7) is 3.55. The van der Waals surface area contributed by atoms with E-state index >= 15 is 8.78 Å². The Morgan fingerprint density at radius 2 is 1.64 bits per heavy atom. The molecule has 2 aromatic carbocycles. The highest BCUT2D eigenvalue weighted by Gasteiger charge is 2.80. The van der Waals surface area contributed by atoms with Crippen molar-refractivity contribution >= 4 is 52.6 Å². The molecular formula is C48H53F2N3O12S. The van der Waals surface area contributed by atoms with Crippen molar-refractivity contribution in [2.45, 2.75) is 91.7 Å². The number of aliphatic hydroxyl groups excluding tert-OH is 2. The lowest BCUT2D eigenvalue weighted by Gasteiger charge is -2.63. The molecule has 1 saturated heterocycles. The van der Waals surface area contributed by atoms with Gasteiger partial charge < -0.3 is 39.8 Å². The number of carbonyl (C=O) groups excluding carboxylic acids is 6. The number of hydrogen-bond acceptors (Lipinski definition) is 13. The molecule has 0 bridgehead atoms. The largest absolute Gasteiger partial charge is 0.390 e. The van der Waals surface area contributed by atoms with E-state index in [0.717, 1.165) is 20.8 Å². The molecule has 2 aliphatic heterocycles. The third kappa shape index (κ3) is 8.49. The van der Waals surface area contributed by atoms with Crippen molar-refractivity contribution < 1.29 is 66.7 Å². The number of rotatable bonds is 18. The van der Waals surface area contributed by atoms with Crippen molar-refractivity contribution in [3.8, 4) is 0 Å². The molecule has 0 spiro atoms. The number of ketones is 2. The highest BCUT2D eigenvalue weighted by atomic mass is 32.2. The average molecular weight is 934 g/mol. The van der Waals surface area contributed by atoms with Gasteiger partial charge in [-0.25, -0.2) is 8.78 Å². The predicted octanol–water partition coefficient (Wildman–Crippen LogP) is 4.27. The van der Waals surface area contributed by atoms with Gasteiger partial charge in [0.1, 0.15) is 12.8 Å². The molecule has 1 unspecified atom stereocenters. The fourth-order valence-corrected chi connectivity index (χ4v) is 12.0. The van der Waals surface area contributed by atoms with Crippen molar-refractivity contribution in [1.29, 1.82) is 0 Å². The maximum absolute atomic E-state index is 17.7. The first-order chi connectivity index (χ1) is 31.5. The van der Waals surface area contributed by atoms with Gasteiger partial charge in [0.15, 0.2) is 29.1 Å². The van der Waals surface area contributed by atoms with Gasteiger partial charge in [0.25, 0.3) is 11.8 Å². The maximum Gasteiger partial charge on any atom is 0.253 e. The summed E-state index contributed by atoms with van der Waals surface area (Å²) >= 11 is 1.45. The number of carbonyl (C=O) groups is 6. The fourth-order valence-electron chi connectivity index (χ4n) is 11.1. The van der Waals surface area contributed by atoms with Crippen LogP contribution in [-0.2, 0) is 47.7 Å².